The molecule has 1 saturated heterocycles. The van der Waals surface area contributed by atoms with Gasteiger partial charge in [0, 0.05) is 4.43 Å². The molecule has 1 aliphatic rings. The van der Waals surface area contributed by atoms with Gasteiger partial charge in [0.05, 0.1) is 12.7 Å². The summed E-state index contributed by atoms with van der Waals surface area (Å²) >= 11 is 2.33. The van der Waals surface area contributed by atoms with Crippen molar-refractivity contribution in [2.45, 2.75) is 12.5 Å². The Balaban J connectivity index is 2.13. The van der Waals surface area contributed by atoms with Gasteiger partial charge in [-0.25, -0.2) is 0 Å². The summed E-state index contributed by atoms with van der Waals surface area (Å²) in [4.78, 5) is 0. The minimum absolute atomic E-state index is 0.448. The van der Waals surface area contributed by atoms with E-state index in [2.05, 4.69) is 22.6 Å². The van der Waals surface area contributed by atoms with Crippen molar-refractivity contribution in [2.75, 3.05) is 17.8 Å². The third kappa shape index (κ3) is 1.87. The zero-order valence-corrected chi connectivity index (χ0v) is 6.76. The first-order chi connectivity index (χ1) is 3.93. The Morgan fingerprint density at radius 3 is 2.88 bits per heavy atom. The maximum Gasteiger partial charge on any atom is 0.147 e. The zero-order chi connectivity index (χ0) is 5.82. The van der Waals surface area contributed by atoms with Gasteiger partial charge in [-0.15, -0.1) is 0 Å². The Kier molecular flexibility index (Phi) is 3.07. The normalized spacial score (nSPS) is 30.4. The molecule has 1 heterocycles. The number of rotatable bonds is 1. The van der Waals surface area contributed by atoms with Crippen LogP contribution >= 0.6 is 22.6 Å². The fourth-order valence-corrected chi connectivity index (χ4v) is 1.32. The molecule has 0 aliphatic carbocycles. The van der Waals surface area contributed by atoms with E-state index in [1.165, 1.54) is 0 Å². The SMILES string of the molecule is IC[C@@H]1CCOCO1. The van der Waals surface area contributed by atoms with E-state index in [0.717, 1.165) is 17.5 Å². The standard InChI is InChI=1S/C5H9IO2/c6-3-5-1-2-7-4-8-5/h5H,1-4H2/t5-/m0/s1. The van der Waals surface area contributed by atoms with Crippen LogP contribution in [0.5, 0.6) is 0 Å². The Morgan fingerprint density at radius 2 is 2.50 bits per heavy atom. The van der Waals surface area contributed by atoms with Crippen LogP contribution < -0.4 is 0 Å². The lowest BCUT2D eigenvalue weighted by molar-refractivity contribution is -0.129. The first kappa shape index (κ1) is 6.77. The highest BCUT2D eigenvalue weighted by Crippen LogP contribution is 2.07. The van der Waals surface area contributed by atoms with E-state index >= 15 is 0 Å². The van der Waals surface area contributed by atoms with Gasteiger partial charge >= 0.3 is 0 Å². The molecule has 0 aromatic heterocycles. The number of hydrogen-bond acceptors (Lipinski definition) is 2. The van der Waals surface area contributed by atoms with Crippen LogP contribution in [0.1, 0.15) is 6.42 Å². The average molecular weight is 228 g/mol. The maximum atomic E-state index is 5.20. The van der Waals surface area contributed by atoms with Crippen molar-refractivity contribution in [2.24, 2.45) is 0 Å². The van der Waals surface area contributed by atoms with Gasteiger partial charge in [-0.3, -0.25) is 0 Å². The molecule has 48 valence electrons. The molecule has 0 amide bonds. The van der Waals surface area contributed by atoms with Crippen LogP contribution in [0.3, 0.4) is 0 Å². The first-order valence-electron chi connectivity index (χ1n) is 2.69. The summed E-state index contributed by atoms with van der Waals surface area (Å²) in [5.74, 6) is 0. The van der Waals surface area contributed by atoms with Crippen molar-refractivity contribution in [3.05, 3.63) is 0 Å². The summed E-state index contributed by atoms with van der Waals surface area (Å²) < 4.78 is 11.3. The number of halogens is 1. The highest BCUT2D eigenvalue weighted by molar-refractivity contribution is 14.1. The third-order valence-corrected chi connectivity index (χ3v) is 2.13. The first-order valence-corrected chi connectivity index (χ1v) is 4.21. The largest absolute Gasteiger partial charge is 0.355 e. The molecule has 0 spiro atoms. The molecular formula is C5H9IO2. The van der Waals surface area contributed by atoms with E-state index in [0.29, 0.717) is 12.9 Å². The number of hydrogen-bond donors (Lipinski definition) is 0. The molecule has 1 rings (SSSR count). The molecule has 0 aromatic rings. The summed E-state index contributed by atoms with van der Waals surface area (Å²) in [6, 6.07) is 0. The van der Waals surface area contributed by atoms with E-state index < -0.39 is 0 Å². The molecule has 2 nitrogen and oxygen atoms in total. The molecule has 1 fully saturated rings. The molecule has 1 aliphatic heterocycles. The highest BCUT2D eigenvalue weighted by Gasteiger charge is 2.10. The molecule has 8 heavy (non-hydrogen) atoms. The molecule has 0 aromatic carbocycles. The Labute approximate surface area is 62.7 Å². The van der Waals surface area contributed by atoms with Crippen molar-refractivity contribution in [1.29, 1.82) is 0 Å². The predicted octanol–water partition coefficient (Wildman–Crippen LogP) is 1.18. The fourth-order valence-electron chi connectivity index (χ4n) is 0.623. The van der Waals surface area contributed by atoms with E-state index in [4.69, 9.17) is 9.47 Å². The van der Waals surface area contributed by atoms with Crippen LogP contribution in [-0.2, 0) is 9.47 Å². The van der Waals surface area contributed by atoms with Crippen LogP contribution in [-0.4, -0.2) is 23.9 Å². The van der Waals surface area contributed by atoms with Crippen molar-refractivity contribution >= 4 is 22.6 Å². The van der Waals surface area contributed by atoms with Gasteiger partial charge in [0.1, 0.15) is 6.79 Å². The van der Waals surface area contributed by atoms with Crippen molar-refractivity contribution < 1.29 is 9.47 Å². The van der Waals surface area contributed by atoms with E-state index in [9.17, 15) is 0 Å². The molecule has 0 saturated carbocycles. The minimum Gasteiger partial charge on any atom is -0.355 e. The Hall–Kier alpha value is 0.650. The summed E-state index contributed by atoms with van der Waals surface area (Å²) in [5, 5.41) is 0. The van der Waals surface area contributed by atoms with E-state index in [1.807, 2.05) is 0 Å². The molecule has 0 radical (unpaired) electrons. The van der Waals surface area contributed by atoms with Crippen molar-refractivity contribution in [3.8, 4) is 0 Å². The second-order valence-corrected chi connectivity index (χ2v) is 2.64. The minimum atomic E-state index is 0.448. The summed E-state index contributed by atoms with van der Waals surface area (Å²) in [7, 11) is 0. The summed E-state index contributed by atoms with van der Waals surface area (Å²) in [5.41, 5.74) is 0. The van der Waals surface area contributed by atoms with Gasteiger partial charge in [-0.05, 0) is 6.42 Å². The summed E-state index contributed by atoms with van der Waals surface area (Å²) in [6.45, 7) is 1.36. The zero-order valence-electron chi connectivity index (χ0n) is 4.60. The quantitative estimate of drug-likeness (QED) is 0.495. The third-order valence-electron chi connectivity index (χ3n) is 1.14. The van der Waals surface area contributed by atoms with Crippen LogP contribution in [0.15, 0.2) is 0 Å². The summed E-state index contributed by atoms with van der Waals surface area (Å²) in [6.07, 6.45) is 1.51. The predicted molar refractivity (Wildman–Crippen MR) is 39.2 cm³/mol. The molecule has 0 N–H and O–H groups in total. The topological polar surface area (TPSA) is 18.5 Å². The highest BCUT2D eigenvalue weighted by atomic mass is 127. The van der Waals surface area contributed by atoms with Crippen LogP contribution in [0, 0.1) is 0 Å². The number of alkyl halides is 1. The molecule has 1 atom stereocenters. The van der Waals surface area contributed by atoms with E-state index in [1.54, 1.807) is 0 Å². The lowest BCUT2D eigenvalue weighted by atomic mass is 10.3. The smallest absolute Gasteiger partial charge is 0.147 e. The van der Waals surface area contributed by atoms with Crippen LogP contribution in [0.25, 0.3) is 0 Å². The number of ether oxygens (including phenoxy) is 2. The van der Waals surface area contributed by atoms with Gasteiger partial charge in [-0.1, -0.05) is 22.6 Å². The van der Waals surface area contributed by atoms with Crippen molar-refractivity contribution in [3.63, 3.8) is 0 Å². The van der Waals surface area contributed by atoms with Crippen LogP contribution in [0.4, 0.5) is 0 Å². The molecule has 3 heteroatoms. The second kappa shape index (κ2) is 3.63. The Morgan fingerprint density at radius 1 is 1.62 bits per heavy atom. The lowest BCUT2D eigenvalue weighted by Crippen LogP contribution is -2.24. The lowest BCUT2D eigenvalue weighted by Gasteiger charge is -2.20. The molecule has 0 unspecified atom stereocenters. The van der Waals surface area contributed by atoms with Crippen LogP contribution in [0.2, 0.25) is 0 Å². The van der Waals surface area contributed by atoms with Crippen molar-refractivity contribution in [1.82, 2.24) is 0 Å². The Bertz CT molecular complexity index is 61.4. The monoisotopic (exact) mass is 228 g/mol. The van der Waals surface area contributed by atoms with Gasteiger partial charge < -0.3 is 9.47 Å². The fraction of sp³-hybridized carbons (Fsp3) is 1.00. The average Bonchev–Trinajstić information content (AvgIpc) is 1.90. The van der Waals surface area contributed by atoms with Gasteiger partial charge in [0.15, 0.2) is 0 Å². The molecular weight excluding hydrogens is 219 g/mol. The maximum absolute atomic E-state index is 5.20. The van der Waals surface area contributed by atoms with Gasteiger partial charge in [-0.2, -0.15) is 0 Å². The van der Waals surface area contributed by atoms with Gasteiger partial charge in [0.25, 0.3) is 0 Å². The van der Waals surface area contributed by atoms with Gasteiger partial charge in [0.2, 0.25) is 0 Å². The van der Waals surface area contributed by atoms with E-state index in [-0.39, 0.29) is 0 Å². The second-order valence-electron chi connectivity index (χ2n) is 1.76. The molecule has 0 bridgehead atoms.